The molecule has 0 aromatic carbocycles. The van der Waals surface area contributed by atoms with Crippen LogP contribution in [0.25, 0.3) is 0 Å². The summed E-state index contributed by atoms with van der Waals surface area (Å²) in [6.07, 6.45) is 4.97. The molecule has 128 valence electrons. The Kier molecular flexibility index (Phi) is 11.5. The van der Waals surface area contributed by atoms with E-state index in [-0.39, 0.29) is 0 Å². The number of carbonyl (C=O) groups is 2. The Hall–Kier alpha value is -0.690. The molecule has 0 radical (unpaired) electrons. The number of ketones is 1. The number of Topliss-reactive ketones (excluding diaryl/α,β-unsaturated/α-hetero) is 1. The van der Waals surface area contributed by atoms with Gasteiger partial charge in [-0.1, -0.05) is 47.8 Å². The van der Waals surface area contributed by atoms with Crippen LogP contribution < -0.4 is 5.32 Å². The van der Waals surface area contributed by atoms with Crippen molar-refractivity contribution in [3.05, 3.63) is 0 Å². The van der Waals surface area contributed by atoms with Crippen LogP contribution >= 0.6 is 21.6 Å². The number of alkyl carbamates (subject to hydrolysis) is 1. The third-order valence-electron chi connectivity index (χ3n) is 2.58. The van der Waals surface area contributed by atoms with Gasteiger partial charge >= 0.3 is 6.09 Å². The lowest BCUT2D eigenvalue weighted by molar-refractivity contribution is -0.114. The Morgan fingerprint density at radius 2 is 1.91 bits per heavy atom. The zero-order valence-electron chi connectivity index (χ0n) is 13.9. The van der Waals surface area contributed by atoms with Gasteiger partial charge in [-0.2, -0.15) is 0 Å². The number of unbranched alkanes of at least 4 members (excludes halogenated alkanes) is 3. The highest BCUT2D eigenvalue weighted by atomic mass is 33.1. The van der Waals surface area contributed by atoms with Gasteiger partial charge in [0.05, 0.1) is 6.21 Å². The number of amides is 1. The summed E-state index contributed by atoms with van der Waals surface area (Å²) < 4.78 is 5.14. The number of hydrogen-bond donors (Lipinski definition) is 2. The summed E-state index contributed by atoms with van der Waals surface area (Å²) >= 11 is 0. The molecule has 0 fully saturated rings. The number of carbonyl (C=O) groups excluding carboxylic acids is 2. The van der Waals surface area contributed by atoms with Gasteiger partial charge in [0.25, 0.3) is 0 Å². The average Bonchev–Trinajstić information content (AvgIpc) is 2.42. The smallest absolute Gasteiger partial charge is 0.408 e. The molecule has 0 aliphatic rings. The highest BCUT2D eigenvalue weighted by molar-refractivity contribution is 8.76. The fourth-order valence-electron chi connectivity index (χ4n) is 1.51. The van der Waals surface area contributed by atoms with Crippen molar-refractivity contribution in [2.24, 2.45) is 0 Å². The van der Waals surface area contributed by atoms with Crippen molar-refractivity contribution in [3.63, 3.8) is 0 Å². The Labute approximate surface area is 141 Å². The third-order valence-corrected chi connectivity index (χ3v) is 5.08. The molecule has 0 aliphatic carbocycles. The lowest BCUT2D eigenvalue weighted by Gasteiger charge is -2.22. The third kappa shape index (κ3) is 11.9. The van der Waals surface area contributed by atoms with E-state index in [1.807, 2.05) is 0 Å². The molecule has 1 amide bonds. The minimum absolute atomic E-state index is 0.412. The number of ether oxygens (including phenoxy) is 1. The molecule has 0 saturated heterocycles. The van der Waals surface area contributed by atoms with Gasteiger partial charge in [-0.15, -0.1) is 0 Å². The van der Waals surface area contributed by atoms with Crippen LogP contribution in [-0.2, 0) is 9.53 Å². The van der Waals surface area contributed by atoms with Gasteiger partial charge in [0, 0.05) is 11.5 Å². The van der Waals surface area contributed by atoms with Gasteiger partial charge < -0.3 is 15.5 Å². The standard InChI is InChI=1S/C15H28N2O3S2/c1-5-6-7-8-9-21-22-11-12(13(18)10-16)17-14(19)20-15(2,3)4/h10,12,16H,5-9,11H2,1-4H3,(H,17,19)/t12-/m0/s1. The molecule has 0 unspecified atom stereocenters. The first-order chi connectivity index (χ1) is 10.3. The predicted octanol–water partition coefficient (Wildman–Crippen LogP) is 4.06. The maximum atomic E-state index is 11.7. The lowest BCUT2D eigenvalue weighted by atomic mass is 10.2. The van der Waals surface area contributed by atoms with Gasteiger partial charge in [0.15, 0.2) is 5.78 Å². The zero-order chi connectivity index (χ0) is 17.0. The second-order valence-electron chi connectivity index (χ2n) is 5.91. The molecule has 2 N–H and O–H groups in total. The first-order valence-corrected chi connectivity index (χ1v) is 10.1. The maximum Gasteiger partial charge on any atom is 0.408 e. The second kappa shape index (κ2) is 11.8. The van der Waals surface area contributed by atoms with Crippen LogP contribution in [0.15, 0.2) is 0 Å². The highest BCUT2D eigenvalue weighted by Gasteiger charge is 2.23. The predicted molar refractivity (Wildman–Crippen MR) is 96.0 cm³/mol. The van der Waals surface area contributed by atoms with E-state index < -0.39 is 23.5 Å². The van der Waals surface area contributed by atoms with E-state index in [0.29, 0.717) is 5.75 Å². The van der Waals surface area contributed by atoms with Crippen molar-refractivity contribution >= 4 is 39.7 Å². The van der Waals surface area contributed by atoms with Gasteiger partial charge in [-0.3, -0.25) is 4.79 Å². The quantitative estimate of drug-likeness (QED) is 0.334. The van der Waals surface area contributed by atoms with Crippen LogP contribution in [0.4, 0.5) is 4.79 Å². The molecule has 0 aliphatic heterocycles. The molecule has 7 heteroatoms. The van der Waals surface area contributed by atoms with E-state index in [9.17, 15) is 9.59 Å². The topological polar surface area (TPSA) is 79.2 Å². The van der Waals surface area contributed by atoms with E-state index in [1.54, 1.807) is 42.4 Å². The van der Waals surface area contributed by atoms with E-state index in [0.717, 1.165) is 18.4 Å². The molecule has 0 aromatic heterocycles. The molecule has 0 bridgehead atoms. The molecular weight excluding hydrogens is 320 g/mol. The fourth-order valence-corrected chi connectivity index (χ4v) is 3.83. The second-order valence-corrected chi connectivity index (χ2v) is 8.54. The Balaban J connectivity index is 4.11. The molecule has 0 saturated carbocycles. The summed E-state index contributed by atoms with van der Waals surface area (Å²) in [5, 5.41) is 9.61. The van der Waals surface area contributed by atoms with Gasteiger partial charge in [0.1, 0.15) is 11.6 Å². The Bertz CT molecular complexity index is 357. The first kappa shape index (κ1) is 21.3. The average molecular weight is 349 g/mol. The minimum Gasteiger partial charge on any atom is -0.444 e. The van der Waals surface area contributed by atoms with E-state index in [2.05, 4.69) is 12.2 Å². The summed E-state index contributed by atoms with van der Waals surface area (Å²) in [5.41, 5.74) is -0.608. The van der Waals surface area contributed by atoms with Gasteiger partial charge in [-0.25, -0.2) is 4.79 Å². The van der Waals surface area contributed by atoms with Crippen LogP contribution in [0.2, 0.25) is 0 Å². The highest BCUT2D eigenvalue weighted by Crippen LogP contribution is 2.24. The molecule has 0 rings (SSSR count). The first-order valence-electron chi connectivity index (χ1n) is 7.58. The van der Waals surface area contributed by atoms with Crippen molar-refractivity contribution in [1.29, 1.82) is 5.41 Å². The van der Waals surface area contributed by atoms with Crippen LogP contribution in [0.3, 0.4) is 0 Å². The van der Waals surface area contributed by atoms with E-state index in [1.165, 1.54) is 19.3 Å². The van der Waals surface area contributed by atoms with Crippen molar-refractivity contribution < 1.29 is 14.3 Å². The number of nitrogens with one attached hydrogen (secondary N) is 2. The van der Waals surface area contributed by atoms with Crippen LogP contribution in [0.5, 0.6) is 0 Å². The minimum atomic E-state index is -0.708. The van der Waals surface area contributed by atoms with Crippen LogP contribution in [0, 0.1) is 5.41 Å². The monoisotopic (exact) mass is 348 g/mol. The van der Waals surface area contributed by atoms with Crippen LogP contribution in [-0.4, -0.2) is 41.2 Å². The summed E-state index contributed by atoms with van der Waals surface area (Å²) in [4.78, 5) is 23.4. The Morgan fingerprint density at radius 3 is 2.45 bits per heavy atom. The summed E-state index contributed by atoms with van der Waals surface area (Å²) in [7, 11) is 3.24. The molecule has 1 atom stereocenters. The lowest BCUT2D eigenvalue weighted by Crippen LogP contribution is -2.45. The van der Waals surface area contributed by atoms with Crippen molar-refractivity contribution in [2.75, 3.05) is 11.5 Å². The van der Waals surface area contributed by atoms with Crippen molar-refractivity contribution in [2.45, 2.75) is 65.0 Å². The summed E-state index contributed by atoms with van der Waals surface area (Å²) in [6.45, 7) is 7.47. The summed E-state index contributed by atoms with van der Waals surface area (Å²) in [5.74, 6) is 1.05. The summed E-state index contributed by atoms with van der Waals surface area (Å²) in [6, 6.07) is -0.708. The molecule has 5 nitrogen and oxygen atoms in total. The van der Waals surface area contributed by atoms with Crippen LogP contribution in [0.1, 0.15) is 53.4 Å². The van der Waals surface area contributed by atoms with Crippen molar-refractivity contribution in [1.82, 2.24) is 5.32 Å². The Morgan fingerprint density at radius 1 is 1.23 bits per heavy atom. The molecule has 22 heavy (non-hydrogen) atoms. The number of hydrogen-bond acceptors (Lipinski definition) is 6. The molecule has 0 aromatic rings. The fraction of sp³-hybridized carbons (Fsp3) is 0.800. The number of rotatable bonds is 11. The molecular formula is C15H28N2O3S2. The largest absolute Gasteiger partial charge is 0.444 e. The zero-order valence-corrected chi connectivity index (χ0v) is 15.6. The molecule has 0 spiro atoms. The van der Waals surface area contributed by atoms with E-state index >= 15 is 0 Å². The molecule has 0 heterocycles. The SMILES string of the molecule is CCCCCCSSC[C@H](NC(=O)OC(C)(C)C)C(=O)C=N. The van der Waals surface area contributed by atoms with Gasteiger partial charge in [0.2, 0.25) is 0 Å². The van der Waals surface area contributed by atoms with Crippen molar-refractivity contribution in [3.8, 4) is 0 Å². The normalized spacial score (nSPS) is 12.5. The maximum absolute atomic E-state index is 11.7. The van der Waals surface area contributed by atoms with Gasteiger partial charge in [-0.05, 0) is 27.2 Å². The van der Waals surface area contributed by atoms with E-state index in [4.69, 9.17) is 10.1 Å².